The summed E-state index contributed by atoms with van der Waals surface area (Å²) in [4.78, 5) is 36.4. The molecular formula is C37H46N4O3. The number of amides is 1. The maximum Gasteiger partial charge on any atom is 0.338 e. The molecule has 2 saturated heterocycles. The average molecular weight is 595 g/mol. The quantitative estimate of drug-likeness (QED) is 0.286. The Morgan fingerprint density at radius 3 is 2.39 bits per heavy atom. The second-order valence-electron chi connectivity index (χ2n) is 13.7. The number of carbonyl (C=O) groups excluding carboxylic acids is 2. The van der Waals surface area contributed by atoms with Crippen LogP contribution in [-0.2, 0) is 16.1 Å². The van der Waals surface area contributed by atoms with Gasteiger partial charge in [-0.2, -0.15) is 0 Å². The lowest BCUT2D eigenvalue weighted by molar-refractivity contribution is -0.134. The first-order valence-corrected chi connectivity index (χ1v) is 16.1. The van der Waals surface area contributed by atoms with Crippen LogP contribution in [0.5, 0.6) is 0 Å². The first-order valence-electron chi connectivity index (χ1n) is 16.1. The van der Waals surface area contributed by atoms with Crippen molar-refractivity contribution in [2.24, 2.45) is 0 Å². The van der Waals surface area contributed by atoms with Gasteiger partial charge in [-0.3, -0.25) is 4.79 Å². The molecule has 44 heavy (non-hydrogen) atoms. The molecule has 6 rings (SSSR count). The standard InChI is InChI=1S/C37H46N4O3/c1-28-25-39(33-17-9-8-16-32(28)33)21-11-20-38-22-18-37(19-23-38)35(43)40(27-41(37)31-14-6-5-7-15-31)26-29-12-10-13-30(24-29)34(42)44-36(2,3)4/h5-10,12-17,24,28H,11,18-23,25-27H2,1-4H3. The number of rotatable bonds is 8. The number of esters is 1. The average Bonchev–Trinajstić information content (AvgIpc) is 3.47. The van der Waals surface area contributed by atoms with E-state index in [4.69, 9.17) is 4.74 Å². The number of carbonyl (C=O) groups is 2. The van der Waals surface area contributed by atoms with E-state index in [-0.39, 0.29) is 11.9 Å². The highest BCUT2D eigenvalue weighted by atomic mass is 16.6. The molecule has 0 saturated carbocycles. The highest BCUT2D eigenvalue weighted by Crippen LogP contribution is 2.40. The molecule has 7 nitrogen and oxygen atoms in total. The largest absolute Gasteiger partial charge is 0.456 e. The van der Waals surface area contributed by atoms with E-state index in [9.17, 15) is 9.59 Å². The zero-order chi connectivity index (χ0) is 30.9. The summed E-state index contributed by atoms with van der Waals surface area (Å²) in [6.45, 7) is 13.9. The first kappa shape index (κ1) is 30.2. The number of nitrogens with zero attached hydrogens (tertiary/aromatic N) is 4. The molecule has 3 aromatic rings. The summed E-state index contributed by atoms with van der Waals surface area (Å²) in [5.74, 6) is 0.428. The Labute approximate surface area is 262 Å². The van der Waals surface area contributed by atoms with Gasteiger partial charge in [0.05, 0.1) is 12.2 Å². The van der Waals surface area contributed by atoms with Gasteiger partial charge in [0, 0.05) is 50.0 Å². The highest BCUT2D eigenvalue weighted by molar-refractivity contribution is 5.94. The Bertz CT molecular complexity index is 1480. The lowest BCUT2D eigenvalue weighted by atomic mass is 9.85. The van der Waals surface area contributed by atoms with Gasteiger partial charge in [0.1, 0.15) is 11.1 Å². The van der Waals surface area contributed by atoms with Gasteiger partial charge in [0.25, 0.3) is 0 Å². The molecule has 1 spiro atoms. The molecule has 2 fully saturated rings. The Morgan fingerprint density at radius 2 is 1.64 bits per heavy atom. The van der Waals surface area contributed by atoms with Crippen molar-refractivity contribution in [1.29, 1.82) is 0 Å². The second kappa shape index (κ2) is 12.3. The fourth-order valence-corrected chi connectivity index (χ4v) is 7.24. The van der Waals surface area contributed by atoms with Crippen molar-refractivity contribution in [3.63, 3.8) is 0 Å². The van der Waals surface area contributed by atoms with Crippen LogP contribution in [0.3, 0.4) is 0 Å². The van der Waals surface area contributed by atoms with Crippen LogP contribution in [0.25, 0.3) is 0 Å². The van der Waals surface area contributed by atoms with Gasteiger partial charge in [0.15, 0.2) is 0 Å². The van der Waals surface area contributed by atoms with Crippen molar-refractivity contribution in [3.8, 4) is 0 Å². The molecule has 3 aromatic carbocycles. The fraction of sp³-hybridized carbons (Fsp3) is 0.459. The number of hydrogen-bond donors (Lipinski definition) is 0. The van der Waals surface area contributed by atoms with Crippen LogP contribution >= 0.6 is 0 Å². The molecular weight excluding hydrogens is 548 g/mol. The summed E-state index contributed by atoms with van der Waals surface area (Å²) in [7, 11) is 0. The number of likely N-dealkylation sites (tertiary alicyclic amines) is 1. The van der Waals surface area contributed by atoms with Gasteiger partial charge in [-0.15, -0.1) is 0 Å². The van der Waals surface area contributed by atoms with Gasteiger partial charge in [-0.1, -0.05) is 55.5 Å². The summed E-state index contributed by atoms with van der Waals surface area (Å²) in [6.07, 6.45) is 2.72. The molecule has 3 aliphatic heterocycles. The Balaban J connectivity index is 1.12. The van der Waals surface area contributed by atoms with E-state index in [1.807, 2.05) is 62.1 Å². The van der Waals surface area contributed by atoms with Crippen molar-refractivity contribution in [1.82, 2.24) is 9.80 Å². The zero-order valence-corrected chi connectivity index (χ0v) is 26.7. The minimum absolute atomic E-state index is 0.186. The molecule has 1 atom stereocenters. The summed E-state index contributed by atoms with van der Waals surface area (Å²) in [6, 6.07) is 26.7. The number of benzene rings is 3. The highest BCUT2D eigenvalue weighted by Gasteiger charge is 2.53. The predicted octanol–water partition coefficient (Wildman–Crippen LogP) is 6.30. The van der Waals surface area contributed by atoms with E-state index in [0.717, 1.165) is 63.2 Å². The predicted molar refractivity (Wildman–Crippen MR) is 176 cm³/mol. The number of piperidine rings is 1. The fourth-order valence-electron chi connectivity index (χ4n) is 7.24. The maximum atomic E-state index is 14.3. The van der Waals surface area contributed by atoms with Crippen molar-refractivity contribution >= 4 is 23.3 Å². The van der Waals surface area contributed by atoms with Crippen LogP contribution in [-0.4, -0.2) is 72.2 Å². The van der Waals surface area contributed by atoms with E-state index < -0.39 is 11.1 Å². The molecule has 0 aliphatic carbocycles. The topological polar surface area (TPSA) is 56.3 Å². The molecule has 3 aliphatic rings. The third-order valence-corrected chi connectivity index (χ3v) is 9.41. The minimum Gasteiger partial charge on any atom is -0.456 e. The number of ether oxygens (including phenoxy) is 1. The van der Waals surface area contributed by atoms with E-state index in [2.05, 4.69) is 58.0 Å². The second-order valence-corrected chi connectivity index (χ2v) is 13.7. The SMILES string of the molecule is CC1CN(CCCN2CCC3(CC2)C(=O)N(Cc2cccc(C(=O)OC(C)(C)C)c2)CN3c2ccccc2)c2ccccc21. The number of fused-ring (bicyclic) bond motifs is 1. The molecule has 0 aromatic heterocycles. The minimum atomic E-state index is -0.562. The lowest BCUT2D eigenvalue weighted by Gasteiger charge is -2.43. The van der Waals surface area contributed by atoms with Gasteiger partial charge in [-0.05, 0) is 88.0 Å². The summed E-state index contributed by atoms with van der Waals surface area (Å²) in [5.41, 5.74) is 4.28. The Hall–Kier alpha value is -3.84. The van der Waals surface area contributed by atoms with Gasteiger partial charge >= 0.3 is 5.97 Å². The van der Waals surface area contributed by atoms with Crippen molar-refractivity contribution in [3.05, 3.63) is 95.6 Å². The molecule has 0 N–H and O–H groups in total. The van der Waals surface area contributed by atoms with Crippen LogP contribution in [0.1, 0.15) is 74.4 Å². The number of hydrogen-bond acceptors (Lipinski definition) is 6. The monoisotopic (exact) mass is 594 g/mol. The third kappa shape index (κ3) is 6.20. The van der Waals surface area contributed by atoms with Gasteiger partial charge in [-0.25, -0.2) is 4.79 Å². The first-order chi connectivity index (χ1) is 21.1. The van der Waals surface area contributed by atoms with Crippen molar-refractivity contribution < 1.29 is 14.3 Å². The molecule has 3 heterocycles. The van der Waals surface area contributed by atoms with Gasteiger partial charge in [0.2, 0.25) is 5.91 Å². The zero-order valence-electron chi connectivity index (χ0n) is 26.7. The molecule has 7 heteroatoms. The number of anilines is 2. The smallest absolute Gasteiger partial charge is 0.338 e. The van der Waals surface area contributed by atoms with Crippen molar-refractivity contribution in [2.75, 3.05) is 49.2 Å². The third-order valence-electron chi connectivity index (χ3n) is 9.41. The lowest BCUT2D eigenvalue weighted by Crippen LogP contribution is -2.56. The van der Waals surface area contributed by atoms with Crippen molar-refractivity contribution in [2.45, 2.75) is 70.6 Å². The maximum absolute atomic E-state index is 14.3. The summed E-state index contributed by atoms with van der Waals surface area (Å²) in [5, 5.41) is 0. The molecule has 1 amide bonds. The Kier molecular flexibility index (Phi) is 8.42. The Morgan fingerprint density at radius 1 is 0.909 bits per heavy atom. The van der Waals surface area contributed by atoms with Gasteiger partial charge < -0.3 is 24.3 Å². The molecule has 0 radical (unpaired) electrons. The summed E-state index contributed by atoms with van der Waals surface area (Å²) >= 11 is 0. The molecule has 232 valence electrons. The van der Waals surface area contributed by atoms with E-state index in [1.54, 1.807) is 6.07 Å². The van der Waals surface area contributed by atoms with Crippen LogP contribution in [0.2, 0.25) is 0 Å². The van der Waals surface area contributed by atoms with Crippen LogP contribution in [0.4, 0.5) is 11.4 Å². The molecule has 0 bridgehead atoms. The summed E-state index contributed by atoms with van der Waals surface area (Å²) < 4.78 is 5.59. The normalized spacial score (nSPS) is 20.0. The van der Waals surface area contributed by atoms with E-state index >= 15 is 0 Å². The van der Waals surface area contributed by atoms with E-state index in [0.29, 0.717) is 24.7 Å². The number of para-hydroxylation sites is 2. The van der Waals surface area contributed by atoms with Crippen LogP contribution in [0, 0.1) is 0 Å². The van der Waals surface area contributed by atoms with Crippen LogP contribution < -0.4 is 9.80 Å². The van der Waals surface area contributed by atoms with E-state index in [1.165, 1.54) is 11.3 Å². The molecule has 1 unspecified atom stereocenters. The van der Waals surface area contributed by atoms with Crippen LogP contribution in [0.15, 0.2) is 78.9 Å².